The van der Waals surface area contributed by atoms with Crippen molar-refractivity contribution in [1.82, 2.24) is 15.3 Å². The normalized spacial score (nSPS) is 17.1. The van der Waals surface area contributed by atoms with Gasteiger partial charge >= 0.3 is 6.09 Å². The van der Waals surface area contributed by atoms with Crippen LogP contribution in [-0.2, 0) is 4.74 Å². The minimum atomic E-state index is -0.513. The summed E-state index contributed by atoms with van der Waals surface area (Å²) >= 11 is 3.31. The third-order valence-electron chi connectivity index (χ3n) is 3.98. The van der Waals surface area contributed by atoms with Crippen LogP contribution >= 0.6 is 15.9 Å². The number of anilines is 2. The molecule has 1 amide bonds. The minimum Gasteiger partial charge on any atom is -0.480 e. The highest BCUT2D eigenvalue weighted by molar-refractivity contribution is 9.10. The zero-order chi connectivity index (χ0) is 18.8. The van der Waals surface area contributed by atoms with E-state index in [0.717, 1.165) is 12.8 Å². The predicted octanol–water partition coefficient (Wildman–Crippen LogP) is 2.71. The van der Waals surface area contributed by atoms with Gasteiger partial charge in [-0.1, -0.05) is 0 Å². The molecule has 2 rings (SSSR count). The van der Waals surface area contributed by atoms with Crippen LogP contribution in [0.2, 0.25) is 0 Å². The van der Waals surface area contributed by atoms with Gasteiger partial charge in [-0.05, 0) is 56.5 Å². The van der Waals surface area contributed by atoms with E-state index in [2.05, 4.69) is 31.2 Å². The number of piperidine rings is 1. The maximum atomic E-state index is 12.0. The van der Waals surface area contributed by atoms with Crippen LogP contribution in [-0.4, -0.2) is 47.4 Å². The van der Waals surface area contributed by atoms with Crippen molar-refractivity contribution in [3.05, 3.63) is 4.47 Å². The molecule has 0 atom stereocenters. The Labute approximate surface area is 156 Å². The van der Waals surface area contributed by atoms with Crippen molar-refractivity contribution in [2.24, 2.45) is 0 Å². The predicted molar refractivity (Wildman–Crippen MR) is 99.9 cm³/mol. The lowest BCUT2D eigenvalue weighted by Gasteiger charge is -2.40. The van der Waals surface area contributed by atoms with E-state index in [1.165, 1.54) is 7.11 Å². The molecule has 0 saturated carbocycles. The van der Waals surface area contributed by atoms with Crippen molar-refractivity contribution in [2.45, 2.75) is 51.7 Å². The van der Waals surface area contributed by atoms with E-state index in [0.29, 0.717) is 35.2 Å². The third kappa shape index (κ3) is 5.10. The number of alkyl carbamates (subject to hydrolysis) is 1. The highest BCUT2D eigenvalue weighted by atomic mass is 79.9. The van der Waals surface area contributed by atoms with Crippen LogP contribution in [0.3, 0.4) is 0 Å². The SMILES string of the molecule is COc1nc(N2CCC(C)(NC(=O)OC(C)(C)C)CC2)nc(N)c1Br. The van der Waals surface area contributed by atoms with E-state index in [-0.39, 0.29) is 5.54 Å². The zero-order valence-corrected chi connectivity index (χ0v) is 16.9. The number of ether oxygens (including phenoxy) is 2. The van der Waals surface area contributed by atoms with Gasteiger partial charge in [0, 0.05) is 18.6 Å². The van der Waals surface area contributed by atoms with Gasteiger partial charge in [0.2, 0.25) is 11.8 Å². The molecule has 1 aliphatic rings. The second-order valence-electron chi connectivity index (χ2n) is 7.41. The van der Waals surface area contributed by atoms with Gasteiger partial charge in [-0.3, -0.25) is 0 Å². The average molecular weight is 416 g/mol. The molecule has 25 heavy (non-hydrogen) atoms. The number of carbonyl (C=O) groups is 1. The molecule has 2 heterocycles. The van der Waals surface area contributed by atoms with E-state index in [9.17, 15) is 4.79 Å². The van der Waals surface area contributed by atoms with Gasteiger partial charge in [-0.25, -0.2) is 4.79 Å². The lowest BCUT2D eigenvalue weighted by Crippen LogP contribution is -2.54. The number of nitrogens with two attached hydrogens (primary N) is 1. The molecule has 9 heteroatoms. The lowest BCUT2D eigenvalue weighted by molar-refractivity contribution is 0.0448. The van der Waals surface area contributed by atoms with Crippen LogP contribution in [0.5, 0.6) is 5.88 Å². The summed E-state index contributed by atoms with van der Waals surface area (Å²) in [5.41, 5.74) is 5.06. The van der Waals surface area contributed by atoms with Crippen molar-refractivity contribution in [2.75, 3.05) is 30.8 Å². The van der Waals surface area contributed by atoms with Crippen LogP contribution in [0, 0.1) is 0 Å². The van der Waals surface area contributed by atoms with Gasteiger partial charge < -0.3 is 25.4 Å². The lowest BCUT2D eigenvalue weighted by atomic mass is 9.90. The summed E-state index contributed by atoms with van der Waals surface area (Å²) in [6, 6.07) is 0. The Morgan fingerprint density at radius 1 is 1.32 bits per heavy atom. The first-order valence-corrected chi connectivity index (χ1v) is 8.95. The number of methoxy groups -OCH3 is 1. The molecule has 0 bridgehead atoms. The molecule has 0 aliphatic carbocycles. The molecule has 0 unspecified atom stereocenters. The molecule has 1 fully saturated rings. The summed E-state index contributed by atoms with van der Waals surface area (Å²) < 4.78 is 11.1. The van der Waals surface area contributed by atoms with Crippen LogP contribution < -0.4 is 20.7 Å². The summed E-state index contributed by atoms with van der Waals surface area (Å²) in [6.07, 6.45) is 1.09. The number of aromatic nitrogens is 2. The average Bonchev–Trinajstić information content (AvgIpc) is 2.48. The molecule has 140 valence electrons. The Morgan fingerprint density at radius 3 is 2.44 bits per heavy atom. The molecule has 0 aromatic carbocycles. The Bertz CT molecular complexity index is 639. The molecular formula is C16H26BrN5O3. The van der Waals surface area contributed by atoms with Crippen molar-refractivity contribution in [3.8, 4) is 5.88 Å². The summed E-state index contributed by atoms with van der Waals surface area (Å²) in [7, 11) is 1.54. The number of amides is 1. The Hall–Kier alpha value is -1.77. The van der Waals surface area contributed by atoms with Gasteiger partial charge in [0.25, 0.3) is 0 Å². The van der Waals surface area contributed by atoms with E-state index >= 15 is 0 Å². The number of nitrogens with zero attached hydrogens (tertiary/aromatic N) is 3. The van der Waals surface area contributed by atoms with Crippen LogP contribution in [0.15, 0.2) is 4.47 Å². The minimum absolute atomic E-state index is 0.330. The molecule has 0 radical (unpaired) electrons. The van der Waals surface area contributed by atoms with E-state index in [4.69, 9.17) is 15.2 Å². The van der Waals surface area contributed by atoms with E-state index < -0.39 is 11.7 Å². The highest BCUT2D eigenvalue weighted by Gasteiger charge is 2.34. The first-order valence-electron chi connectivity index (χ1n) is 8.16. The summed E-state index contributed by atoms with van der Waals surface area (Å²) in [4.78, 5) is 22.8. The molecule has 8 nitrogen and oxygen atoms in total. The quantitative estimate of drug-likeness (QED) is 0.781. The van der Waals surface area contributed by atoms with Crippen molar-refractivity contribution in [3.63, 3.8) is 0 Å². The van der Waals surface area contributed by atoms with Crippen LogP contribution in [0.4, 0.5) is 16.6 Å². The van der Waals surface area contributed by atoms with E-state index in [1.54, 1.807) is 0 Å². The zero-order valence-electron chi connectivity index (χ0n) is 15.4. The number of halogens is 1. The van der Waals surface area contributed by atoms with Crippen molar-refractivity contribution >= 4 is 33.8 Å². The molecule has 1 aliphatic heterocycles. The Balaban J connectivity index is 2.01. The summed E-state index contributed by atoms with van der Waals surface area (Å²) in [5, 5.41) is 2.98. The first-order chi connectivity index (χ1) is 11.5. The van der Waals surface area contributed by atoms with Crippen LogP contribution in [0.25, 0.3) is 0 Å². The Kier molecular flexibility index (Phi) is 5.65. The molecule has 3 N–H and O–H groups in total. The number of carbonyl (C=O) groups excluding carboxylic acids is 1. The molecule has 1 aromatic heterocycles. The van der Waals surface area contributed by atoms with Crippen molar-refractivity contribution in [1.29, 1.82) is 0 Å². The summed E-state index contributed by atoms with van der Waals surface area (Å²) in [5.74, 6) is 1.27. The largest absolute Gasteiger partial charge is 0.480 e. The topological polar surface area (TPSA) is 103 Å². The molecule has 0 spiro atoms. The van der Waals surface area contributed by atoms with Gasteiger partial charge in [0.15, 0.2) is 0 Å². The number of nitrogen functional groups attached to an aromatic ring is 1. The molecular weight excluding hydrogens is 390 g/mol. The fourth-order valence-electron chi connectivity index (χ4n) is 2.58. The van der Waals surface area contributed by atoms with Crippen LogP contribution in [0.1, 0.15) is 40.5 Å². The maximum absolute atomic E-state index is 12.0. The van der Waals surface area contributed by atoms with Gasteiger partial charge in [-0.2, -0.15) is 9.97 Å². The summed E-state index contributed by atoms with van der Waals surface area (Å²) in [6.45, 7) is 8.94. The van der Waals surface area contributed by atoms with Crippen molar-refractivity contribution < 1.29 is 14.3 Å². The smallest absolute Gasteiger partial charge is 0.408 e. The highest BCUT2D eigenvalue weighted by Crippen LogP contribution is 2.31. The molecule has 1 aromatic rings. The van der Waals surface area contributed by atoms with E-state index in [1.807, 2.05) is 32.6 Å². The second kappa shape index (κ2) is 7.23. The second-order valence-corrected chi connectivity index (χ2v) is 8.20. The third-order valence-corrected chi connectivity index (χ3v) is 4.73. The number of hydrogen-bond acceptors (Lipinski definition) is 7. The number of rotatable bonds is 3. The number of hydrogen-bond donors (Lipinski definition) is 2. The van der Waals surface area contributed by atoms with Gasteiger partial charge in [0.1, 0.15) is 15.9 Å². The van der Waals surface area contributed by atoms with Gasteiger partial charge in [0.05, 0.1) is 7.11 Å². The maximum Gasteiger partial charge on any atom is 0.408 e. The molecule has 1 saturated heterocycles. The Morgan fingerprint density at radius 2 is 1.92 bits per heavy atom. The van der Waals surface area contributed by atoms with Gasteiger partial charge in [-0.15, -0.1) is 0 Å². The monoisotopic (exact) mass is 415 g/mol. The number of nitrogens with one attached hydrogen (secondary N) is 1. The fourth-order valence-corrected chi connectivity index (χ4v) is 2.92. The first kappa shape index (κ1) is 19.6. The fraction of sp³-hybridized carbons (Fsp3) is 0.688. The standard InChI is InChI=1S/C16H26BrN5O3/c1-15(2,3)25-14(23)21-16(4)6-8-22(9-7-16)13-19-11(18)10(17)12(20-13)24-5/h6-9H2,1-5H3,(H,21,23)(H2,18,19,20).